The third-order valence-corrected chi connectivity index (χ3v) is 4.04. The average molecular weight is 394 g/mol. The minimum atomic E-state index is -0.340. The molecule has 0 aliphatic heterocycles. The van der Waals surface area contributed by atoms with Crippen LogP contribution in [-0.4, -0.2) is 28.5 Å². The Labute approximate surface area is 169 Å². The van der Waals surface area contributed by atoms with Gasteiger partial charge in [-0.25, -0.2) is 14.4 Å². The number of rotatable bonds is 8. The maximum atomic E-state index is 13.6. The van der Waals surface area contributed by atoms with Crippen molar-refractivity contribution in [1.82, 2.24) is 15.3 Å². The van der Waals surface area contributed by atoms with Crippen LogP contribution in [0, 0.1) is 5.82 Å². The molecule has 0 saturated heterocycles. The molecule has 2 N–H and O–H groups in total. The number of halogens is 1. The molecule has 3 aromatic rings. The van der Waals surface area contributed by atoms with E-state index < -0.39 is 0 Å². The zero-order chi connectivity index (χ0) is 20.6. The highest BCUT2D eigenvalue weighted by Crippen LogP contribution is 2.20. The quantitative estimate of drug-likeness (QED) is 0.601. The normalized spacial score (nSPS) is 10.6. The summed E-state index contributed by atoms with van der Waals surface area (Å²) in [7, 11) is 0. The van der Waals surface area contributed by atoms with E-state index in [4.69, 9.17) is 4.74 Å². The van der Waals surface area contributed by atoms with Crippen LogP contribution in [-0.2, 0) is 6.42 Å². The first-order valence-electron chi connectivity index (χ1n) is 9.38. The molecule has 0 radical (unpaired) electrons. The number of amides is 1. The van der Waals surface area contributed by atoms with Gasteiger partial charge in [-0.15, -0.1) is 0 Å². The van der Waals surface area contributed by atoms with Crippen LogP contribution >= 0.6 is 0 Å². The third-order valence-electron chi connectivity index (χ3n) is 4.04. The molecule has 6 nitrogen and oxygen atoms in total. The smallest absolute Gasteiger partial charge is 0.270 e. The Morgan fingerprint density at radius 2 is 1.86 bits per heavy atom. The third kappa shape index (κ3) is 6.00. The van der Waals surface area contributed by atoms with Crippen molar-refractivity contribution < 1.29 is 13.9 Å². The molecular weight excluding hydrogens is 371 g/mol. The molecule has 0 spiro atoms. The minimum absolute atomic E-state index is 0.107. The number of nitrogens with zero attached hydrogens (tertiary/aromatic N) is 2. The Balaban J connectivity index is 1.57. The first kappa shape index (κ1) is 20.3. The second-order valence-corrected chi connectivity index (χ2v) is 6.70. The number of benzene rings is 2. The van der Waals surface area contributed by atoms with E-state index in [0.717, 1.165) is 11.4 Å². The van der Waals surface area contributed by atoms with Gasteiger partial charge in [0, 0.05) is 18.3 Å². The molecule has 7 heteroatoms. The summed E-state index contributed by atoms with van der Waals surface area (Å²) in [5.41, 5.74) is 1.60. The number of hydrogen-bond acceptors (Lipinski definition) is 5. The molecule has 0 saturated carbocycles. The van der Waals surface area contributed by atoms with E-state index in [2.05, 4.69) is 20.6 Å². The van der Waals surface area contributed by atoms with Gasteiger partial charge in [-0.2, -0.15) is 0 Å². The van der Waals surface area contributed by atoms with Crippen LogP contribution in [0.3, 0.4) is 0 Å². The first-order valence-corrected chi connectivity index (χ1v) is 9.38. The van der Waals surface area contributed by atoms with Crippen LogP contribution < -0.4 is 15.4 Å². The van der Waals surface area contributed by atoms with Gasteiger partial charge in [0.25, 0.3) is 5.91 Å². The molecule has 0 aliphatic carbocycles. The van der Waals surface area contributed by atoms with Crippen molar-refractivity contribution in [3.63, 3.8) is 0 Å². The second kappa shape index (κ2) is 9.64. The van der Waals surface area contributed by atoms with Crippen LogP contribution in [0.25, 0.3) is 0 Å². The largest absolute Gasteiger partial charge is 0.491 e. The van der Waals surface area contributed by atoms with Crippen molar-refractivity contribution in [2.75, 3.05) is 11.9 Å². The van der Waals surface area contributed by atoms with Gasteiger partial charge in [0.2, 0.25) is 0 Å². The summed E-state index contributed by atoms with van der Waals surface area (Å²) >= 11 is 0. The first-order chi connectivity index (χ1) is 14.0. The predicted molar refractivity (Wildman–Crippen MR) is 110 cm³/mol. The molecule has 29 heavy (non-hydrogen) atoms. The van der Waals surface area contributed by atoms with Crippen molar-refractivity contribution in [2.24, 2.45) is 0 Å². The fourth-order valence-electron chi connectivity index (χ4n) is 2.69. The van der Waals surface area contributed by atoms with E-state index in [-0.39, 0.29) is 23.5 Å². The van der Waals surface area contributed by atoms with Crippen molar-refractivity contribution >= 4 is 17.4 Å². The van der Waals surface area contributed by atoms with Crippen LogP contribution in [0.2, 0.25) is 0 Å². The van der Waals surface area contributed by atoms with Gasteiger partial charge in [0.05, 0.1) is 6.10 Å². The summed E-state index contributed by atoms with van der Waals surface area (Å²) in [6.45, 7) is 4.25. The van der Waals surface area contributed by atoms with Gasteiger partial charge in [-0.1, -0.05) is 18.2 Å². The maximum Gasteiger partial charge on any atom is 0.270 e. The van der Waals surface area contributed by atoms with Gasteiger partial charge in [-0.3, -0.25) is 4.79 Å². The van der Waals surface area contributed by atoms with Gasteiger partial charge in [-0.05, 0) is 56.2 Å². The summed E-state index contributed by atoms with van der Waals surface area (Å²) in [6.07, 6.45) is 1.83. The van der Waals surface area contributed by atoms with E-state index in [9.17, 15) is 9.18 Å². The van der Waals surface area contributed by atoms with Crippen LogP contribution in [0.1, 0.15) is 29.9 Å². The van der Waals surface area contributed by atoms with Gasteiger partial charge in [0.15, 0.2) is 0 Å². The topological polar surface area (TPSA) is 76.1 Å². The van der Waals surface area contributed by atoms with Gasteiger partial charge in [0.1, 0.15) is 29.4 Å². The molecule has 150 valence electrons. The lowest BCUT2D eigenvalue weighted by Crippen LogP contribution is -2.26. The minimum Gasteiger partial charge on any atom is -0.491 e. The molecule has 1 heterocycles. The van der Waals surface area contributed by atoms with Crippen molar-refractivity contribution in [1.29, 1.82) is 0 Å². The Morgan fingerprint density at radius 1 is 1.10 bits per heavy atom. The highest BCUT2D eigenvalue weighted by Gasteiger charge is 2.09. The number of ether oxygens (including phenoxy) is 1. The summed E-state index contributed by atoms with van der Waals surface area (Å²) in [4.78, 5) is 20.5. The van der Waals surface area contributed by atoms with E-state index in [1.165, 1.54) is 12.4 Å². The fraction of sp³-hybridized carbons (Fsp3) is 0.227. The highest BCUT2D eigenvalue weighted by molar-refractivity contribution is 5.92. The fourth-order valence-corrected chi connectivity index (χ4v) is 2.69. The number of hydrogen-bond donors (Lipinski definition) is 2. The molecule has 1 aromatic heterocycles. The Bertz CT molecular complexity index is 961. The Morgan fingerprint density at radius 3 is 2.59 bits per heavy atom. The van der Waals surface area contributed by atoms with Gasteiger partial charge < -0.3 is 15.4 Å². The summed E-state index contributed by atoms with van der Waals surface area (Å²) in [6, 6.07) is 15.5. The van der Waals surface area contributed by atoms with Crippen LogP contribution in [0.4, 0.5) is 15.9 Å². The Kier molecular flexibility index (Phi) is 6.73. The van der Waals surface area contributed by atoms with E-state index in [1.54, 1.807) is 24.3 Å². The molecule has 0 fully saturated rings. The lowest BCUT2D eigenvalue weighted by atomic mass is 10.1. The highest BCUT2D eigenvalue weighted by atomic mass is 19.1. The maximum absolute atomic E-state index is 13.6. The number of carbonyl (C=O) groups is 1. The van der Waals surface area contributed by atoms with E-state index in [0.29, 0.717) is 24.3 Å². The number of aromatic nitrogens is 2. The molecule has 0 bridgehead atoms. The lowest BCUT2D eigenvalue weighted by molar-refractivity contribution is 0.0949. The average Bonchev–Trinajstić information content (AvgIpc) is 2.71. The number of nitrogens with one attached hydrogen (secondary N) is 2. The van der Waals surface area contributed by atoms with Crippen LogP contribution in [0.5, 0.6) is 5.75 Å². The van der Waals surface area contributed by atoms with Crippen LogP contribution in [0.15, 0.2) is 60.9 Å². The zero-order valence-electron chi connectivity index (χ0n) is 16.4. The molecular formula is C22H23FN4O2. The van der Waals surface area contributed by atoms with Crippen molar-refractivity contribution in [2.45, 2.75) is 26.4 Å². The number of anilines is 2. The molecule has 1 amide bonds. The molecule has 2 aromatic carbocycles. The van der Waals surface area contributed by atoms with Crippen molar-refractivity contribution in [3.05, 3.63) is 78.0 Å². The van der Waals surface area contributed by atoms with Gasteiger partial charge >= 0.3 is 0 Å². The molecule has 0 aliphatic rings. The monoisotopic (exact) mass is 394 g/mol. The summed E-state index contributed by atoms with van der Waals surface area (Å²) in [5, 5.41) is 5.88. The predicted octanol–water partition coefficient (Wildman–Crippen LogP) is 4.12. The standard InChI is InChI=1S/C22H23FN4O2/c1-15(2)29-18-9-7-17(8-10-18)27-21-13-20(25-14-26-21)22(28)24-12-11-16-5-3-4-6-19(16)23/h3-10,13-15H,11-12H2,1-2H3,(H,24,28)(H,25,26,27). The summed E-state index contributed by atoms with van der Waals surface area (Å²) < 4.78 is 19.3. The zero-order valence-corrected chi connectivity index (χ0v) is 16.4. The second-order valence-electron chi connectivity index (χ2n) is 6.70. The number of carbonyl (C=O) groups excluding carboxylic acids is 1. The summed E-state index contributed by atoms with van der Waals surface area (Å²) in [5.74, 6) is 0.660. The lowest BCUT2D eigenvalue weighted by Gasteiger charge is -2.11. The SMILES string of the molecule is CC(C)Oc1ccc(Nc2cc(C(=O)NCCc3ccccc3F)ncn2)cc1. The Hall–Kier alpha value is -3.48. The molecule has 0 atom stereocenters. The van der Waals surface area contributed by atoms with Crippen molar-refractivity contribution in [3.8, 4) is 5.75 Å². The van der Waals surface area contributed by atoms with E-state index >= 15 is 0 Å². The molecule has 3 rings (SSSR count). The molecule has 0 unspecified atom stereocenters. The van der Waals surface area contributed by atoms with E-state index in [1.807, 2.05) is 38.1 Å².